The number of fused-ring (bicyclic) bond motifs is 7. The van der Waals surface area contributed by atoms with Gasteiger partial charge in [-0.25, -0.2) is 9.97 Å². The second kappa shape index (κ2) is 10.8. The van der Waals surface area contributed by atoms with E-state index in [1.807, 2.05) is 48.8 Å². The lowest BCUT2D eigenvalue weighted by atomic mass is 9.97. The molecule has 4 aromatic heterocycles. The number of para-hydroxylation sites is 1. The Morgan fingerprint density at radius 1 is 0.717 bits per heavy atom. The number of rotatable bonds is 5. The fourth-order valence-corrected chi connectivity index (χ4v) is 7.06. The van der Waals surface area contributed by atoms with Crippen LogP contribution in [0.3, 0.4) is 0 Å². The second-order valence-corrected chi connectivity index (χ2v) is 12.1. The molecule has 0 unspecified atom stereocenters. The van der Waals surface area contributed by atoms with E-state index in [1.165, 1.54) is 5.70 Å². The second-order valence-electron chi connectivity index (χ2n) is 11.1. The quantitative estimate of drug-likeness (QED) is 0.182. The highest BCUT2D eigenvalue weighted by Crippen LogP contribution is 2.36. The van der Waals surface area contributed by atoms with Crippen LogP contribution >= 0.6 is 23.5 Å². The van der Waals surface area contributed by atoms with Crippen LogP contribution in [0.25, 0.3) is 61.2 Å². The van der Waals surface area contributed by atoms with Gasteiger partial charge in [-0.1, -0.05) is 77.4 Å². The van der Waals surface area contributed by atoms with Crippen molar-refractivity contribution in [2.75, 3.05) is 4.90 Å². The Morgan fingerprint density at radius 2 is 1.39 bits per heavy atom. The maximum atomic E-state index is 5.15. The number of benzene rings is 4. The van der Waals surface area contributed by atoms with Gasteiger partial charge >= 0.3 is 5.82 Å². The molecule has 1 aliphatic rings. The summed E-state index contributed by atoms with van der Waals surface area (Å²) in [4.78, 5) is 17.2. The first-order valence-electron chi connectivity index (χ1n) is 14.8. The van der Waals surface area contributed by atoms with Crippen LogP contribution in [0.2, 0.25) is 0 Å². The van der Waals surface area contributed by atoms with E-state index in [4.69, 9.17) is 20.1 Å². The molecule has 1 aliphatic carbocycles. The van der Waals surface area contributed by atoms with Crippen LogP contribution in [0.4, 0.5) is 11.4 Å². The molecule has 0 aliphatic heterocycles. The van der Waals surface area contributed by atoms with Crippen molar-refractivity contribution in [1.82, 2.24) is 37.5 Å². The first-order chi connectivity index (χ1) is 22.7. The van der Waals surface area contributed by atoms with Gasteiger partial charge in [-0.3, -0.25) is 0 Å². The highest BCUT2D eigenvalue weighted by molar-refractivity contribution is 7.01. The molecule has 0 radical (unpaired) electrons. The average Bonchev–Trinajstić information content (AvgIpc) is 3.80. The maximum Gasteiger partial charge on any atom is 0.395 e. The maximum absolute atomic E-state index is 5.15. The summed E-state index contributed by atoms with van der Waals surface area (Å²) in [5.74, 6) is 1.24. The predicted molar refractivity (Wildman–Crippen MR) is 181 cm³/mol. The fraction of sp³-hybridized carbons (Fsp3) is 0.0882. The Labute approximate surface area is 270 Å². The van der Waals surface area contributed by atoms with E-state index in [0.717, 1.165) is 57.7 Å². The van der Waals surface area contributed by atoms with Gasteiger partial charge in [-0.2, -0.15) is 17.5 Å². The summed E-state index contributed by atoms with van der Waals surface area (Å²) in [5, 5.41) is 7.35. The third-order valence-electron chi connectivity index (χ3n) is 8.24. The van der Waals surface area contributed by atoms with Crippen molar-refractivity contribution in [1.29, 1.82) is 0 Å². The Bertz CT molecular complexity index is 2490. The fourth-order valence-electron chi connectivity index (χ4n) is 5.96. The van der Waals surface area contributed by atoms with E-state index in [0.29, 0.717) is 50.7 Å². The molecular weight excluding hydrogens is 613 g/mol. The summed E-state index contributed by atoms with van der Waals surface area (Å²) in [7, 11) is 0. The molecule has 10 nitrogen and oxygen atoms in total. The molecule has 9 rings (SSSR count). The Balaban J connectivity index is 1.26. The molecule has 0 bridgehead atoms. The summed E-state index contributed by atoms with van der Waals surface area (Å²) in [5.41, 5.74) is 7.72. The van der Waals surface area contributed by atoms with Crippen LogP contribution in [0.1, 0.15) is 13.3 Å². The van der Waals surface area contributed by atoms with Gasteiger partial charge in [-0.15, -0.1) is 0 Å². The average molecular weight is 636 g/mol. The minimum atomic E-state index is 0.331. The standard InChI is InChI=1S/C34H23N10S2/c1-20-9-5-8-14-26(20)43(23-12-3-2-4-13-23)25-18-35-33(36-19-25)34-37-27-28(30-32(42-46-40-30)31-29(27)39-45-41-31)38-44(34)24-16-15-21-10-6-7-11-22(21)17-24/h2-8,10-20H,9H2,1H3/q+1/t20-/m1/s1. The van der Waals surface area contributed by atoms with E-state index in [-0.39, 0.29) is 0 Å². The summed E-state index contributed by atoms with van der Waals surface area (Å²) in [6.45, 7) is 2.24. The van der Waals surface area contributed by atoms with Gasteiger partial charge in [-0.05, 0) is 52.5 Å². The molecule has 0 fully saturated rings. The molecule has 1 atom stereocenters. The topological polar surface area (TPSA) is 110 Å². The number of hydrogen-bond donors (Lipinski definition) is 0. The van der Waals surface area contributed by atoms with Gasteiger partial charge in [0.15, 0.2) is 16.7 Å². The van der Waals surface area contributed by atoms with Gasteiger partial charge < -0.3 is 4.90 Å². The smallest absolute Gasteiger partial charge is 0.311 e. The molecule has 4 heterocycles. The van der Waals surface area contributed by atoms with Crippen molar-refractivity contribution in [2.45, 2.75) is 13.3 Å². The minimum Gasteiger partial charge on any atom is -0.311 e. The summed E-state index contributed by atoms with van der Waals surface area (Å²) < 4.78 is 20.0. The largest absolute Gasteiger partial charge is 0.395 e. The van der Waals surface area contributed by atoms with E-state index in [9.17, 15) is 0 Å². The number of anilines is 2. The zero-order chi connectivity index (χ0) is 30.6. The van der Waals surface area contributed by atoms with Crippen LogP contribution in [0.15, 0.2) is 109 Å². The number of nitrogens with zero attached hydrogens (tertiary/aromatic N) is 10. The first-order valence-corrected chi connectivity index (χ1v) is 16.2. The molecule has 0 N–H and O–H groups in total. The van der Waals surface area contributed by atoms with Crippen molar-refractivity contribution in [3.05, 3.63) is 109 Å². The molecule has 0 amide bonds. The predicted octanol–water partition coefficient (Wildman–Crippen LogP) is 7.14. The zero-order valence-corrected chi connectivity index (χ0v) is 26.0. The van der Waals surface area contributed by atoms with E-state index in [1.54, 1.807) is 4.68 Å². The molecule has 0 spiro atoms. The van der Waals surface area contributed by atoms with E-state index < -0.39 is 0 Å². The van der Waals surface area contributed by atoms with Crippen LogP contribution in [0, 0.1) is 5.92 Å². The summed E-state index contributed by atoms with van der Waals surface area (Å²) >= 11 is 2.25. The van der Waals surface area contributed by atoms with Crippen molar-refractivity contribution in [2.24, 2.45) is 5.92 Å². The lowest BCUT2D eigenvalue weighted by molar-refractivity contribution is -0.648. The van der Waals surface area contributed by atoms with Crippen LogP contribution in [-0.4, -0.2) is 37.5 Å². The lowest BCUT2D eigenvalue weighted by Gasteiger charge is -2.31. The number of hydrogen-bond acceptors (Lipinski definition) is 11. The number of allylic oxidation sites excluding steroid dienone is 4. The van der Waals surface area contributed by atoms with Gasteiger partial charge in [0.25, 0.3) is 5.82 Å². The molecule has 46 heavy (non-hydrogen) atoms. The molecule has 8 aromatic rings. The minimum absolute atomic E-state index is 0.331. The molecule has 0 saturated carbocycles. The Morgan fingerprint density at radius 3 is 2.13 bits per heavy atom. The van der Waals surface area contributed by atoms with Gasteiger partial charge in [0.1, 0.15) is 16.6 Å². The highest BCUT2D eigenvalue weighted by Gasteiger charge is 2.30. The van der Waals surface area contributed by atoms with Crippen LogP contribution < -0.4 is 9.58 Å². The third-order valence-corrected chi connectivity index (χ3v) is 9.29. The first kappa shape index (κ1) is 26.8. The van der Waals surface area contributed by atoms with Crippen LogP contribution in [-0.2, 0) is 0 Å². The Hall–Kier alpha value is -5.59. The van der Waals surface area contributed by atoms with E-state index >= 15 is 0 Å². The van der Waals surface area contributed by atoms with Gasteiger partial charge in [0.2, 0.25) is 5.52 Å². The SMILES string of the molecule is C[C@@H]1CC=CC=C1N(c1ccccc1)c1cnc(-c2nc3c4nsnc4c4nsnc4c3n[n+]2-c2ccc3ccccc3c2)nc1. The molecular formula is C34H23N10S2+. The Kier molecular flexibility index (Phi) is 6.28. The monoisotopic (exact) mass is 635 g/mol. The highest BCUT2D eigenvalue weighted by atomic mass is 32.1. The zero-order valence-electron chi connectivity index (χ0n) is 24.4. The molecule has 220 valence electrons. The summed E-state index contributed by atoms with van der Waals surface area (Å²) in [6.07, 6.45) is 11.1. The molecule has 0 saturated heterocycles. The summed E-state index contributed by atoms with van der Waals surface area (Å²) in [6, 6.07) is 24.7. The lowest BCUT2D eigenvalue weighted by Crippen LogP contribution is -2.39. The van der Waals surface area contributed by atoms with Crippen molar-refractivity contribution in [3.8, 4) is 17.3 Å². The third kappa shape index (κ3) is 4.33. The van der Waals surface area contributed by atoms with Gasteiger partial charge in [0.05, 0.1) is 41.5 Å². The van der Waals surface area contributed by atoms with E-state index in [2.05, 4.69) is 83.9 Å². The number of aromatic nitrogens is 9. The van der Waals surface area contributed by atoms with Crippen molar-refractivity contribution in [3.63, 3.8) is 0 Å². The van der Waals surface area contributed by atoms with Crippen molar-refractivity contribution < 1.29 is 4.68 Å². The normalized spacial score (nSPS) is 14.8. The van der Waals surface area contributed by atoms with Gasteiger partial charge in [0, 0.05) is 17.3 Å². The van der Waals surface area contributed by atoms with Crippen molar-refractivity contribution >= 4 is 78.7 Å². The molecule has 4 aromatic carbocycles. The van der Waals surface area contributed by atoms with Crippen LogP contribution in [0.5, 0.6) is 0 Å². The molecule has 12 heteroatoms.